The van der Waals surface area contributed by atoms with Crippen LogP contribution in [0, 0.1) is 0 Å². The molecule has 1 N–H and O–H groups in total. The highest BCUT2D eigenvalue weighted by atomic mass is 16.2. The predicted molar refractivity (Wildman–Crippen MR) is 126 cm³/mol. The van der Waals surface area contributed by atoms with Gasteiger partial charge in [0.15, 0.2) is 0 Å². The number of para-hydroxylation sites is 1. The van der Waals surface area contributed by atoms with Crippen LogP contribution in [0.1, 0.15) is 12.0 Å². The minimum atomic E-state index is -0.186. The Hall–Kier alpha value is -3.60. The second kappa shape index (κ2) is 9.94. The van der Waals surface area contributed by atoms with Crippen molar-refractivity contribution in [3.63, 3.8) is 0 Å². The Morgan fingerprint density at radius 3 is 2.35 bits per heavy atom. The van der Waals surface area contributed by atoms with E-state index in [-0.39, 0.29) is 11.8 Å². The lowest BCUT2D eigenvalue weighted by Crippen LogP contribution is -2.49. The van der Waals surface area contributed by atoms with Crippen LogP contribution in [0.15, 0.2) is 78.9 Å². The molecule has 0 aromatic heterocycles. The molecule has 2 amide bonds. The number of hydrogen-bond acceptors (Lipinski definition) is 3. The smallest absolute Gasteiger partial charge is 0.244 e. The van der Waals surface area contributed by atoms with E-state index in [2.05, 4.69) is 34.5 Å². The second-order valence-corrected chi connectivity index (χ2v) is 7.65. The molecular weight excluding hydrogens is 386 g/mol. The third-order valence-electron chi connectivity index (χ3n) is 5.63. The van der Waals surface area contributed by atoms with Crippen molar-refractivity contribution in [3.05, 3.63) is 84.4 Å². The highest BCUT2D eigenvalue weighted by Gasteiger charge is 2.20. The molecule has 0 spiro atoms. The van der Waals surface area contributed by atoms with Crippen molar-refractivity contribution < 1.29 is 9.59 Å². The fourth-order valence-electron chi connectivity index (χ4n) is 3.92. The third-order valence-corrected chi connectivity index (χ3v) is 5.63. The van der Waals surface area contributed by atoms with Crippen LogP contribution >= 0.6 is 0 Å². The molecule has 3 aromatic carbocycles. The van der Waals surface area contributed by atoms with E-state index in [4.69, 9.17) is 0 Å². The van der Waals surface area contributed by atoms with E-state index in [1.54, 1.807) is 0 Å². The second-order valence-electron chi connectivity index (χ2n) is 7.65. The average Bonchev–Trinajstić information content (AvgIpc) is 2.83. The highest BCUT2D eigenvalue weighted by molar-refractivity contribution is 5.96. The first-order chi connectivity index (χ1) is 15.2. The summed E-state index contributed by atoms with van der Waals surface area (Å²) in [5.41, 5.74) is 2.19. The summed E-state index contributed by atoms with van der Waals surface area (Å²) in [5.74, 6) is -0.0966. The summed E-state index contributed by atoms with van der Waals surface area (Å²) < 4.78 is 0. The van der Waals surface area contributed by atoms with Gasteiger partial charge in [0.25, 0.3) is 0 Å². The summed E-state index contributed by atoms with van der Waals surface area (Å²) in [6, 6.07) is 24.4. The number of hydrogen-bond donors (Lipinski definition) is 1. The lowest BCUT2D eigenvalue weighted by Gasteiger charge is -2.36. The molecule has 4 rings (SSSR count). The van der Waals surface area contributed by atoms with E-state index in [0.29, 0.717) is 26.1 Å². The van der Waals surface area contributed by atoms with Crippen molar-refractivity contribution in [2.75, 3.05) is 37.6 Å². The van der Waals surface area contributed by atoms with Gasteiger partial charge < -0.3 is 15.1 Å². The fourth-order valence-corrected chi connectivity index (χ4v) is 3.92. The molecule has 1 saturated heterocycles. The van der Waals surface area contributed by atoms with Crippen molar-refractivity contribution in [2.45, 2.75) is 6.42 Å². The van der Waals surface area contributed by atoms with E-state index in [9.17, 15) is 9.59 Å². The quantitative estimate of drug-likeness (QED) is 0.627. The largest absolute Gasteiger partial charge is 0.368 e. The number of anilines is 1. The number of fused-ring (bicyclic) bond motifs is 1. The number of amides is 2. The van der Waals surface area contributed by atoms with Gasteiger partial charge in [0.1, 0.15) is 0 Å². The van der Waals surface area contributed by atoms with Gasteiger partial charge in [-0.2, -0.15) is 0 Å². The highest BCUT2D eigenvalue weighted by Crippen LogP contribution is 2.19. The molecule has 5 nitrogen and oxygen atoms in total. The van der Waals surface area contributed by atoms with E-state index in [1.165, 1.54) is 11.8 Å². The van der Waals surface area contributed by atoms with E-state index in [0.717, 1.165) is 29.4 Å². The molecule has 0 saturated carbocycles. The number of carbonyl (C=O) groups excluding carboxylic acids is 2. The lowest BCUT2D eigenvalue weighted by molar-refractivity contribution is -0.131. The molecule has 0 aliphatic carbocycles. The Bertz CT molecular complexity index is 1060. The van der Waals surface area contributed by atoms with Gasteiger partial charge in [0.05, 0.1) is 0 Å². The lowest BCUT2D eigenvalue weighted by atomic mass is 10.0. The van der Waals surface area contributed by atoms with Crippen LogP contribution in [0.4, 0.5) is 5.69 Å². The maximum atomic E-state index is 12.5. The average molecular weight is 414 g/mol. The Labute approximate surface area is 183 Å². The Morgan fingerprint density at radius 2 is 1.55 bits per heavy atom. The summed E-state index contributed by atoms with van der Waals surface area (Å²) in [5, 5.41) is 5.07. The standard InChI is InChI=1S/C26H27N3O2/c30-25(14-13-22-9-6-8-21-7-4-5-12-24(21)22)27-16-15-26(31)29-19-17-28(18-20-29)23-10-2-1-3-11-23/h1-14H,15-20H2,(H,27,30)/b14-13+. The molecule has 31 heavy (non-hydrogen) atoms. The first-order valence-electron chi connectivity index (χ1n) is 10.7. The van der Waals surface area contributed by atoms with Gasteiger partial charge in [-0.1, -0.05) is 60.7 Å². The molecule has 0 radical (unpaired) electrons. The van der Waals surface area contributed by atoms with Gasteiger partial charge in [-0.3, -0.25) is 9.59 Å². The van der Waals surface area contributed by atoms with Gasteiger partial charge in [0.2, 0.25) is 11.8 Å². The molecule has 0 unspecified atom stereocenters. The van der Waals surface area contributed by atoms with Gasteiger partial charge >= 0.3 is 0 Å². The zero-order valence-corrected chi connectivity index (χ0v) is 17.5. The van der Waals surface area contributed by atoms with Crippen LogP contribution < -0.4 is 10.2 Å². The maximum absolute atomic E-state index is 12.5. The van der Waals surface area contributed by atoms with Gasteiger partial charge in [-0.15, -0.1) is 0 Å². The van der Waals surface area contributed by atoms with Crippen molar-refractivity contribution in [1.29, 1.82) is 0 Å². The molecule has 1 heterocycles. The van der Waals surface area contributed by atoms with Gasteiger partial charge in [-0.05, 0) is 34.5 Å². The van der Waals surface area contributed by atoms with E-state index < -0.39 is 0 Å². The zero-order chi connectivity index (χ0) is 21.5. The van der Waals surface area contributed by atoms with Crippen LogP contribution in [0.5, 0.6) is 0 Å². The van der Waals surface area contributed by atoms with Crippen molar-refractivity contribution in [1.82, 2.24) is 10.2 Å². The number of benzene rings is 3. The molecule has 158 valence electrons. The fraction of sp³-hybridized carbons (Fsp3) is 0.231. The van der Waals surface area contributed by atoms with Gasteiger partial charge in [0, 0.05) is 50.9 Å². The third kappa shape index (κ3) is 5.31. The Kier molecular flexibility index (Phi) is 6.62. The molecule has 1 aliphatic heterocycles. The van der Waals surface area contributed by atoms with Crippen LogP contribution in [0.3, 0.4) is 0 Å². The molecule has 1 fully saturated rings. The van der Waals surface area contributed by atoms with Crippen LogP contribution in [-0.4, -0.2) is 49.4 Å². The van der Waals surface area contributed by atoms with Crippen LogP contribution in [0.2, 0.25) is 0 Å². The topological polar surface area (TPSA) is 52.7 Å². The minimum absolute atomic E-state index is 0.0889. The number of nitrogens with zero attached hydrogens (tertiary/aromatic N) is 2. The van der Waals surface area contributed by atoms with Crippen molar-refractivity contribution >= 4 is 34.4 Å². The molecule has 3 aromatic rings. The molecule has 0 bridgehead atoms. The Balaban J connectivity index is 1.22. The summed E-state index contributed by atoms with van der Waals surface area (Å²) in [4.78, 5) is 28.8. The molecule has 0 atom stereocenters. The number of rotatable bonds is 6. The summed E-state index contributed by atoms with van der Waals surface area (Å²) >= 11 is 0. The first-order valence-corrected chi connectivity index (χ1v) is 10.7. The minimum Gasteiger partial charge on any atom is -0.368 e. The summed E-state index contributed by atoms with van der Waals surface area (Å²) in [6.07, 6.45) is 3.67. The first kappa shape index (κ1) is 20.7. The number of piperazine rings is 1. The predicted octanol–water partition coefficient (Wildman–Crippen LogP) is 3.71. The Morgan fingerprint density at radius 1 is 0.839 bits per heavy atom. The normalized spacial score (nSPS) is 14.2. The van der Waals surface area contributed by atoms with Crippen LogP contribution in [-0.2, 0) is 9.59 Å². The SMILES string of the molecule is O=C(/C=C/c1cccc2ccccc12)NCCC(=O)N1CCN(c2ccccc2)CC1. The maximum Gasteiger partial charge on any atom is 0.244 e. The van der Waals surface area contributed by atoms with E-state index >= 15 is 0 Å². The molecule has 5 heteroatoms. The number of carbonyl (C=O) groups is 2. The van der Waals surface area contributed by atoms with E-state index in [1.807, 2.05) is 59.5 Å². The van der Waals surface area contributed by atoms with Crippen LogP contribution in [0.25, 0.3) is 16.8 Å². The van der Waals surface area contributed by atoms with Crippen molar-refractivity contribution in [3.8, 4) is 0 Å². The molecular formula is C26H27N3O2. The van der Waals surface area contributed by atoms with Crippen molar-refractivity contribution in [2.24, 2.45) is 0 Å². The molecule has 1 aliphatic rings. The zero-order valence-electron chi connectivity index (χ0n) is 17.5. The van der Waals surface area contributed by atoms with Gasteiger partial charge in [-0.25, -0.2) is 0 Å². The summed E-state index contributed by atoms with van der Waals surface area (Å²) in [6.45, 7) is 3.42. The number of nitrogens with one attached hydrogen (secondary N) is 1. The summed E-state index contributed by atoms with van der Waals surface area (Å²) in [7, 11) is 0. The monoisotopic (exact) mass is 413 g/mol.